The van der Waals surface area contributed by atoms with Crippen LogP contribution in [0.5, 0.6) is 0 Å². The van der Waals surface area contributed by atoms with Gasteiger partial charge in [0.1, 0.15) is 5.82 Å². The van der Waals surface area contributed by atoms with Crippen molar-refractivity contribution in [2.45, 2.75) is 18.7 Å². The lowest BCUT2D eigenvalue weighted by atomic mass is 10.2. The Morgan fingerprint density at radius 2 is 2.17 bits per heavy atom. The van der Waals surface area contributed by atoms with Gasteiger partial charge in [-0.25, -0.2) is 12.8 Å². The average Bonchev–Trinajstić information content (AvgIpc) is 2.35. The van der Waals surface area contributed by atoms with Crippen molar-refractivity contribution in [2.24, 2.45) is 5.92 Å². The van der Waals surface area contributed by atoms with E-state index in [9.17, 15) is 12.8 Å². The molecule has 0 bridgehead atoms. The molecule has 1 atom stereocenters. The van der Waals surface area contributed by atoms with Crippen LogP contribution in [0.25, 0.3) is 0 Å². The van der Waals surface area contributed by atoms with Crippen molar-refractivity contribution in [3.05, 3.63) is 30.1 Å². The van der Waals surface area contributed by atoms with Gasteiger partial charge in [-0.1, -0.05) is 13.0 Å². The molecule has 0 radical (unpaired) electrons. The molecule has 4 nitrogen and oxygen atoms in total. The highest BCUT2D eigenvalue weighted by Crippen LogP contribution is 2.17. The minimum atomic E-state index is -3.74. The molecular formula is C12H15FN2O2S. The third kappa shape index (κ3) is 3.28. The van der Waals surface area contributed by atoms with E-state index in [4.69, 9.17) is 5.26 Å². The van der Waals surface area contributed by atoms with Gasteiger partial charge < -0.3 is 0 Å². The number of sulfonamides is 1. The van der Waals surface area contributed by atoms with Crippen LogP contribution in [0.1, 0.15) is 13.8 Å². The van der Waals surface area contributed by atoms with E-state index in [1.807, 2.05) is 6.07 Å². The van der Waals surface area contributed by atoms with Gasteiger partial charge in [0, 0.05) is 13.1 Å². The fourth-order valence-electron chi connectivity index (χ4n) is 1.52. The molecule has 0 N–H and O–H groups in total. The Morgan fingerprint density at radius 3 is 2.67 bits per heavy atom. The largest absolute Gasteiger partial charge is 0.243 e. The molecule has 6 heteroatoms. The number of rotatable bonds is 5. The Morgan fingerprint density at radius 1 is 1.50 bits per heavy atom. The van der Waals surface area contributed by atoms with E-state index in [2.05, 4.69) is 0 Å². The van der Waals surface area contributed by atoms with E-state index < -0.39 is 21.8 Å². The summed E-state index contributed by atoms with van der Waals surface area (Å²) >= 11 is 0. The van der Waals surface area contributed by atoms with Crippen molar-refractivity contribution < 1.29 is 12.8 Å². The highest BCUT2D eigenvalue weighted by molar-refractivity contribution is 7.89. The highest BCUT2D eigenvalue weighted by atomic mass is 32.2. The second kappa shape index (κ2) is 5.94. The number of halogens is 1. The van der Waals surface area contributed by atoms with E-state index in [0.717, 1.165) is 6.07 Å². The standard InChI is InChI=1S/C12H15FN2O2S/c1-3-15(9-10(2)8-14)18(16,17)12-6-4-5-11(13)7-12/h4-7,10H,3,9H2,1-2H3. The lowest BCUT2D eigenvalue weighted by Crippen LogP contribution is -2.34. The van der Waals surface area contributed by atoms with E-state index >= 15 is 0 Å². The molecule has 0 aliphatic carbocycles. The third-order valence-corrected chi connectivity index (χ3v) is 4.42. The number of nitrogens with zero attached hydrogens (tertiary/aromatic N) is 2. The maximum atomic E-state index is 13.1. The molecule has 18 heavy (non-hydrogen) atoms. The monoisotopic (exact) mass is 270 g/mol. The van der Waals surface area contributed by atoms with Gasteiger partial charge in [0.25, 0.3) is 0 Å². The van der Waals surface area contributed by atoms with Crippen molar-refractivity contribution in [3.8, 4) is 6.07 Å². The molecule has 0 heterocycles. The lowest BCUT2D eigenvalue weighted by molar-refractivity contribution is 0.399. The van der Waals surface area contributed by atoms with Gasteiger partial charge in [-0.2, -0.15) is 9.57 Å². The second-order valence-electron chi connectivity index (χ2n) is 3.94. The van der Waals surface area contributed by atoms with E-state index in [-0.39, 0.29) is 18.0 Å². The summed E-state index contributed by atoms with van der Waals surface area (Å²) in [5, 5.41) is 8.73. The van der Waals surface area contributed by atoms with Gasteiger partial charge in [0.05, 0.1) is 16.9 Å². The molecular weight excluding hydrogens is 255 g/mol. The molecule has 0 saturated carbocycles. The Bertz CT molecular complexity index is 551. The summed E-state index contributed by atoms with van der Waals surface area (Å²) in [6.45, 7) is 3.67. The van der Waals surface area contributed by atoms with Crippen molar-refractivity contribution in [3.63, 3.8) is 0 Å². The van der Waals surface area contributed by atoms with Gasteiger partial charge in [-0.3, -0.25) is 0 Å². The van der Waals surface area contributed by atoms with E-state index in [1.165, 1.54) is 22.5 Å². The van der Waals surface area contributed by atoms with Crippen LogP contribution in [0.2, 0.25) is 0 Å². The summed E-state index contributed by atoms with van der Waals surface area (Å²) in [4.78, 5) is -0.0884. The lowest BCUT2D eigenvalue weighted by Gasteiger charge is -2.21. The zero-order valence-corrected chi connectivity index (χ0v) is 11.1. The molecule has 1 unspecified atom stereocenters. The van der Waals surface area contributed by atoms with Crippen LogP contribution >= 0.6 is 0 Å². The SMILES string of the molecule is CCN(CC(C)C#N)S(=O)(=O)c1cccc(F)c1. The molecule has 0 spiro atoms. The first-order valence-corrected chi connectivity index (χ1v) is 7.01. The van der Waals surface area contributed by atoms with Crippen LogP contribution in [0.15, 0.2) is 29.2 Å². The van der Waals surface area contributed by atoms with Crippen LogP contribution in [-0.4, -0.2) is 25.8 Å². The van der Waals surface area contributed by atoms with Gasteiger partial charge in [-0.05, 0) is 25.1 Å². The molecule has 0 aliphatic rings. The Labute approximate surface area is 107 Å². The number of benzene rings is 1. The van der Waals surface area contributed by atoms with Crippen LogP contribution in [0.4, 0.5) is 4.39 Å². The highest BCUT2D eigenvalue weighted by Gasteiger charge is 2.24. The minimum absolute atomic E-state index is 0.0884. The topological polar surface area (TPSA) is 61.2 Å². The van der Waals surface area contributed by atoms with Crippen molar-refractivity contribution >= 4 is 10.0 Å². The molecule has 0 aliphatic heterocycles. The summed E-state index contributed by atoms with van der Waals surface area (Å²) < 4.78 is 38.7. The van der Waals surface area contributed by atoms with Gasteiger partial charge >= 0.3 is 0 Å². The quantitative estimate of drug-likeness (QED) is 0.822. The maximum Gasteiger partial charge on any atom is 0.243 e. The minimum Gasteiger partial charge on any atom is -0.207 e. The maximum absolute atomic E-state index is 13.1. The predicted molar refractivity (Wildman–Crippen MR) is 65.6 cm³/mol. The first-order valence-electron chi connectivity index (χ1n) is 5.57. The van der Waals surface area contributed by atoms with E-state index in [1.54, 1.807) is 13.8 Å². The van der Waals surface area contributed by atoms with Crippen LogP contribution in [0, 0.1) is 23.1 Å². The number of nitriles is 1. The van der Waals surface area contributed by atoms with Gasteiger partial charge in [-0.15, -0.1) is 0 Å². The van der Waals surface area contributed by atoms with Crippen LogP contribution in [-0.2, 0) is 10.0 Å². The summed E-state index contributed by atoms with van der Waals surface area (Å²) in [5.74, 6) is -1.01. The second-order valence-corrected chi connectivity index (χ2v) is 5.88. The van der Waals surface area contributed by atoms with Gasteiger partial charge in [0.2, 0.25) is 10.0 Å². The molecule has 0 fully saturated rings. The molecule has 1 aromatic carbocycles. The zero-order valence-electron chi connectivity index (χ0n) is 10.3. The molecule has 0 saturated heterocycles. The zero-order chi connectivity index (χ0) is 13.8. The van der Waals surface area contributed by atoms with Crippen molar-refractivity contribution in [1.82, 2.24) is 4.31 Å². The molecule has 1 rings (SSSR count). The van der Waals surface area contributed by atoms with E-state index in [0.29, 0.717) is 0 Å². The van der Waals surface area contributed by atoms with Crippen LogP contribution in [0.3, 0.4) is 0 Å². The fraction of sp³-hybridized carbons (Fsp3) is 0.417. The first kappa shape index (κ1) is 14.6. The molecule has 1 aromatic rings. The Balaban J connectivity index is 3.08. The third-order valence-electron chi connectivity index (χ3n) is 2.48. The first-order chi connectivity index (χ1) is 8.41. The summed E-state index contributed by atoms with van der Waals surface area (Å²) in [6, 6.07) is 6.85. The smallest absolute Gasteiger partial charge is 0.207 e. The Hall–Kier alpha value is -1.45. The summed E-state index contributed by atoms with van der Waals surface area (Å²) in [7, 11) is -3.74. The van der Waals surface area contributed by atoms with Crippen molar-refractivity contribution in [2.75, 3.05) is 13.1 Å². The predicted octanol–water partition coefficient (Wildman–Crippen LogP) is 2.00. The van der Waals surface area contributed by atoms with Gasteiger partial charge in [0.15, 0.2) is 0 Å². The molecule has 0 amide bonds. The number of hydrogen-bond donors (Lipinski definition) is 0. The fourth-order valence-corrected chi connectivity index (χ4v) is 3.09. The molecule has 0 aromatic heterocycles. The molecule has 98 valence electrons. The average molecular weight is 270 g/mol. The van der Waals surface area contributed by atoms with Crippen molar-refractivity contribution in [1.29, 1.82) is 5.26 Å². The number of hydrogen-bond acceptors (Lipinski definition) is 3. The summed E-state index contributed by atoms with van der Waals surface area (Å²) in [6.07, 6.45) is 0. The van der Waals surface area contributed by atoms with Crippen LogP contribution < -0.4 is 0 Å². The normalized spacial score (nSPS) is 13.3. The Kier molecular flexibility index (Phi) is 4.82. The summed E-state index contributed by atoms with van der Waals surface area (Å²) in [5.41, 5.74) is 0.